The highest BCUT2D eigenvalue weighted by atomic mass is 16.2. The predicted molar refractivity (Wildman–Crippen MR) is 102 cm³/mol. The second-order valence-electron chi connectivity index (χ2n) is 6.37. The summed E-state index contributed by atoms with van der Waals surface area (Å²) in [7, 11) is 0. The summed E-state index contributed by atoms with van der Waals surface area (Å²) >= 11 is 0. The molecule has 0 spiro atoms. The number of nitrogens with zero attached hydrogens (tertiary/aromatic N) is 4. The van der Waals surface area contributed by atoms with E-state index < -0.39 is 0 Å². The average Bonchev–Trinajstić information content (AvgIpc) is 2.73. The van der Waals surface area contributed by atoms with Gasteiger partial charge < -0.3 is 14.8 Å². The lowest BCUT2D eigenvalue weighted by Gasteiger charge is -2.35. The Labute approximate surface area is 155 Å². The molecular weight excluding hydrogens is 342 g/mol. The van der Waals surface area contributed by atoms with Crippen LogP contribution in [0.3, 0.4) is 0 Å². The molecule has 7 heteroatoms. The van der Waals surface area contributed by atoms with Crippen molar-refractivity contribution in [1.82, 2.24) is 14.9 Å². The Bertz CT molecular complexity index is 1110. The van der Waals surface area contributed by atoms with Crippen molar-refractivity contribution in [3.8, 4) is 6.07 Å². The summed E-state index contributed by atoms with van der Waals surface area (Å²) in [4.78, 5) is 35.9. The van der Waals surface area contributed by atoms with E-state index in [1.54, 1.807) is 29.3 Å². The van der Waals surface area contributed by atoms with E-state index in [1.807, 2.05) is 29.2 Å². The number of rotatable bonds is 2. The molecule has 1 aliphatic heterocycles. The van der Waals surface area contributed by atoms with Gasteiger partial charge in [-0.05, 0) is 29.7 Å². The van der Waals surface area contributed by atoms with Gasteiger partial charge in [-0.3, -0.25) is 9.59 Å². The Morgan fingerprint density at radius 1 is 1.11 bits per heavy atom. The summed E-state index contributed by atoms with van der Waals surface area (Å²) in [6, 6.07) is 14.6. The third kappa shape index (κ3) is 3.13. The van der Waals surface area contributed by atoms with Crippen LogP contribution in [0.4, 0.5) is 5.82 Å². The number of carbonyl (C=O) groups is 1. The van der Waals surface area contributed by atoms with Crippen molar-refractivity contribution < 1.29 is 4.79 Å². The molecule has 2 aromatic heterocycles. The fourth-order valence-electron chi connectivity index (χ4n) is 3.33. The molecule has 27 heavy (non-hydrogen) atoms. The van der Waals surface area contributed by atoms with Crippen LogP contribution in [-0.2, 0) is 0 Å². The number of anilines is 1. The number of fused-ring (bicyclic) bond motifs is 1. The van der Waals surface area contributed by atoms with Crippen LogP contribution in [0.5, 0.6) is 0 Å². The summed E-state index contributed by atoms with van der Waals surface area (Å²) < 4.78 is 0. The number of hydrogen-bond acceptors (Lipinski definition) is 5. The van der Waals surface area contributed by atoms with Gasteiger partial charge in [-0.2, -0.15) is 5.26 Å². The fraction of sp³-hybridized carbons (Fsp3) is 0.200. The predicted octanol–water partition coefficient (Wildman–Crippen LogP) is 1.76. The van der Waals surface area contributed by atoms with Crippen molar-refractivity contribution in [2.75, 3.05) is 31.1 Å². The quantitative estimate of drug-likeness (QED) is 0.752. The van der Waals surface area contributed by atoms with E-state index in [9.17, 15) is 14.9 Å². The van der Waals surface area contributed by atoms with Crippen molar-refractivity contribution in [1.29, 1.82) is 5.26 Å². The summed E-state index contributed by atoms with van der Waals surface area (Å²) in [6.45, 7) is 2.05. The molecule has 4 rings (SSSR count). The van der Waals surface area contributed by atoms with E-state index >= 15 is 0 Å². The van der Waals surface area contributed by atoms with Gasteiger partial charge in [-0.25, -0.2) is 4.98 Å². The molecule has 1 saturated heterocycles. The average molecular weight is 359 g/mol. The van der Waals surface area contributed by atoms with Crippen LogP contribution >= 0.6 is 0 Å². The minimum atomic E-state index is -0.377. The van der Waals surface area contributed by atoms with E-state index in [2.05, 4.69) is 16.0 Å². The molecule has 0 unspecified atom stereocenters. The van der Waals surface area contributed by atoms with Gasteiger partial charge >= 0.3 is 0 Å². The van der Waals surface area contributed by atoms with Gasteiger partial charge in [0.2, 0.25) is 0 Å². The number of piperazine rings is 1. The fourth-order valence-corrected chi connectivity index (χ4v) is 3.33. The number of pyridine rings is 2. The Hall–Kier alpha value is -3.66. The van der Waals surface area contributed by atoms with Crippen LogP contribution in [0.2, 0.25) is 0 Å². The third-order valence-electron chi connectivity index (χ3n) is 4.76. The standard InChI is InChI=1S/C20H17N5O2/c21-13-15-5-3-7-22-18(15)24-8-10-25(11-9-24)20(27)16-12-14-4-1-2-6-17(14)23-19(16)26/h1-7,12H,8-11H2,(H,23,26). The number of carbonyl (C=O) groups excluding carboxylic acids is 1. The third-order valence-corrected chi connectivity index (χ3v) is 4.76. The zero-order chi connectivity index (χ0) is 18.8. The molecule has 7 nitrogen and oxygen atoms in total. The molecule has 3 aromatic rings. The molecule has 1 fully saturated rings. The van der Waals surface area contributed by atoms with Gasteiger partial charge in [0.15, 0.2) is 0 Å². The highest BCUT2D eigenvalue weighted by Gasteiger charge is 2.25. The molecule has 134 valence electrons. The van der Waals surface area contributed by atoms with Gasteiger partial charge in [0.05, 0.1) is 5.56 Å². The zero-order valence-electron chi connectivity index (χ0n) is 14.6. The van der Waals surface area contributed by atoms with Crippen molar-refractivity contribution in [2.45, 2.75) is 0 Å². The Kier molecular flexibility index (Phi) is 4.30. The first-order valence-corrected chi connectivity index (χ1v) is 8.69. The molecule has 1 aromatic carbocycles. The molecule has 0 bridgehead atoms. The van der Waals surface area contributed by atoms with E-state index in [1.165, 1.54) is 0 Å². The van der Waals surface area contributed by atoms with Gasteiger partial charge in [-0.15, -0.1) is 0 Å². The molecular formula is C20H17N5O2. The van der Waals surface area contributed by atoms with Crippen LogP contribution in [0, 0.1) is 11.3 Å². The maximum absolute atomic E-state index is 12.8. The maximum atomic E-state index is 12.8. The Morgan fingerprint density at radius 3 is 2.67 bits per heavy atom. The topological polar surface area (TPSA) is 93.1 Å². The Balaban J connectivity index is 1.53. The molecule has 3 heterocycles. The van der Waals surface area contributed by atoms with Gasteiger partial charge in [0.25, 0.3) is 11.5 Å². The highest BCUT2D eigenvalue weighted by molar-refractivity contribution is 5.97. The van der Waals surface area contributed by atoms with Crippen molar-refractivity contribution >= 4 is 22.6 Å². The van der Waals surface area contributed by atoms with Crippen molar-refractivity contribution in [3.63, 3.8) is 0 Å². The highest BCUT2D eigenvalue weighted by Crippen LogP contribution is 2.19. The van der Waals surface area contributed by atoms with Crippen LogP contribution in [0.1, 0.15) is 15.9 Å². The molecule has 1 aliphatic rings. The van der Waals surface area contributed by atoms with Crippen LogP contribution in [0.15, 0.2) is 53.5 Å². The second kappa shape index (κ2) is 6.92. The summed E-state index contributed by atoms with van der Waals surface area (Å²) in [5.41, 5.74) is 1.00. The maximum Gasteiger partial charge on any atom is 0.261 e. The zero-order valence-corrected chi connectivity index (χ0v) is 14.6. The molecule has 1 N–H and O–H groups in total. The summed E-state index contributed by atoms with van der Waals surface area (Å²) in [5.74, 6) is 0.360. The van der Waals surface area contributed by atoms with Gasteiger partial charge in [0.1, 0.15) is 17.5 Å². The number of para-hydroxylation sites is 1. The van der Waals surface area contributed by atoms with Gasteiger partial charge in [-0.1, -0.05) is 18.2 Å². The first-order valence-electron chi connectivity index (χ1n) is 8.69. The minimum Gasteiger partial charge on any atom is -0.352 e. The van der Waals surface area contributed by atoms with E-state index in [-0.39, 0.29) is 17.0 Å². The number of aromatic nitrogens is 2. The van der Waals surface area contributed by atoms with E-state index in [0.29, 0.717) is 43.1 Å². The van der Waals surface area contributed by atoms with Crippen LogP contribution in [-0.4, -0.2) is 47.0 Å². The van der Waals surface area contributed by atoms with Crippen LogP contribution in [0.25, 0.3) is 10.9 Å². The molecule has 0 atom stereocenters. The number of amides is 1. The van der Waals surface area contributed by atoms with Crippen molar-refractivity contribution in [3.05, 3.63) is 70.1 Å². The largest absolute Gasteiger partial charge is 0.352 e. The molecule has 1 amide bonds. The lowest BCUT2D eigenvalue weighted by atomic mass is 10.1. The first kappa shape index (κ1) is 16.8. The second-order valence-corrected chi connectivity index (χ2v) is 6.37. The monoisotopic (exact) mass is 359 g/mol. The van der Waals surface area contributed by atoms with Gasteiger partial charge in [0, 0.05) is 37.9 Å². The molecule has 0 saturated carbocycles. The normalized spacial score (nSPS) is 14.2. The lowest BCUT2D eigenvalue weighted by Crippen LogP contribution is -2.50. The smallest absolute Gasteiger partial charge is 0.261 e. The number of nitrogens with one attached hydrogen (secondary N) is 1. The first-order chi connectivity index (χ1) is 13.2. The lowest BCUT2D eigenvalue weighted by molar-refractivity contribution is 0.0745. The minimum absolute atomic E-state index is 0.151. The van der Waals surface area contributed by atoms with Crippen molar-refractivity contribution in [2.24, 2.45) is 0 Å². The number of benzene rings is 1. The number of nitriles is 1. The Morgan fingerprint density at radius 2 is 1.89 bits per heavy atom. The summed E-state index contributed by atoms with van der Waals surface area (Å²) in [6.07, 6.45) is 1.66. The SMILES string of the molecule is N#Cc1cccnc1N1CCN(C(=O)c2cc3ccccc3[nH]c2=O)CC1. The summed E-state index contributed by atoms with van der Waals surface area (Å²) in [5, 5.41) is 10.1. The molecule has 0 aliphatic carbocycles. The van der Waals surface area contributed by atoms with Crippen LogP contribution < -0.4 is 10.5 Å². The van der Waals surface area contributed by atoms with E-state index in [0.717, 1.165) is 5.39 Å². The number of hydrogen-bond donors (Lipinski definition) is 1. The number of aromatic amines is 1. The van der Waals surface area contributed by atoms with E-state index in [4.69, 9.17) is 0 Å². The number of H-pyrrole nitrogens is 1. The molecule has 0 radical (unpaired) electrons.